The molecule has 0 bridgehead atoms. The summed E-state index contributed by atoms with van der Waals surface area (Å²) in [6.07, 6.45) is 0.712. The fourth-order valence-electron chi connectivity index (χ4n) is 2.78. The SMILES string of the molecule is Cc1c(C=O)c(NCc2ccc(F)cc2)cc(=O)n1Cc1cccc(Cl)n1. The molecule has 0 aliphatic rings. The highest BCUT2D eigenvalue weighted by Crippen LogP contribution is 2.18. The number of pyridine rings is 2. The Morgan fingerprint density at radius 2 is 1.96 bits per heavy atom. The van der Waals surface area contributed by atoms with Gasteiger partial charge in [0.15, 0.2) is 6.29 Å². The van der Waals surface area contributed by atoms with Crippen molar-refractivity contribution in [1.82, 2.24) is 9.55 Å². The van der Waals surface area contributed by atoms with Crippen LogP contribution < -0.4 is 10.9 Å². The van der Waals surface area contributed by atoms with Crippen LogP contribution >= 0.6 is 11.6 Å². The first-order chi connectivity index (χ1) is 13.0. The quantitative estimate of drug-likeness (QED) is 0.517. The number of nitrogens with zero attached hydrogens (tertiary/aromatic N) is 2. The van der Waals surface area contributed by atoms with Crippen molar-refractivity contribution in [3.05, 3.63) is 92.4 Å². The van der Waals surface area contributed by atoms with E-state index in [9.17, 15) is 14.0 Å². The summed E-state index contributed by atoms with van der Waals surface area (Å²) in [5, 5.41) is 3.42. The summed E-state index contributed by atoms with van der Waals surface area (Å²) < 4.78 is 14.5. The largest absolute Gasteiger partial charge is 0.380 e. The standard InChI is InChI=1S/C20H17ClFN3O2/c1-13-17(12-26)18(23-10-14-5-7-15(22)8-6-14)9-20(27)25(13)11-16-3-2-4-19(21)24-16/h2-9,12,23H,10-11H2,1H3. The van der Waals surface area contributed by atoms with E-state index in [2.05, 4.69) is 10.3 Å². The van der Waals surface area contributed by atoms with Crippen molar-refractivity contribution < 1.29 is 9.18 Å². The maximum atomic E-state index is 13.0. The lowest BCUT2D eigenvalue weighted by atomic mass is 10.1. The smallest absolute Gasteiger partial charge is 0.253 e. The molecular weight excluding hydrogens is 369 g/mol. The maximum absolute atomic E-state index is 13.0. The van der Waals surface area contributed by atoms with Gasteiger partial charge in [-0.1, -0.05) is 29.8 Å². The van der Waals surface area contributed by atoms with Crippen LogP contribution in [-0.2, 0) is 13.1 Å². The number of halogens is 2. The Bertz CT molecular complexity index is 1030. The number of hydrogen-bond donors (Lipinski definition) is 1. The topological polar surface area (TPSA) is 64.0 Å². The minimum Gasteiger partial charge on any atom is -0.380 e. The molecule has 0 atom stereocenters. The van der Waals surface area contributed by atoms with E-state index in [0.717, 1.165) is 5.56 Å². The number of carbonyl (C=O) groups is 1. The number of aldehydes is 1. The highest BCUT2D eigenvalue weighted by Gasteiger charge is 2.13. The van der Waals surface area contributed by atoms with Gasteiger partial charge in [0, 0.05) is 18.3 Å². The van der Waals surface area contributed by atoms with E-state index in [1.807, 2.05) is 0 Å². The first-order valence-corrected chi connectivity index (χ1v) is 8.65. The molecule has 0 unspecified atom stereocenters. The molecule has 0 saturated heterocycles. The Kier molecular flexibility index (Phi) is 5.66. The zero-order valence-electron chi connectivity index (χ0n) is 14.6. The second-order valence-corrected chi connectivity index (χ2v) is 6.42. The number of benzene rings is 1. The van der Waals surface area contributed by atoms with E-state index in [-0.39, 0.29) is 17.9 Å². The van der Waals surface area contributed by atoms with Crippen LogP contribution in [-0.4, -0.2) is 15.8 Å². The average molecular weight is 386 g/mol. The van der Waals surface area contributed by atoms with Gasteiger partial charge in [0.05, 0.1) is 23.5 Å². The van der Waals surface area contributed by atoms with Crippen molar-refractivity contribution in [1.29, 1.82) is 0 Å². The molecule has 2 aromatic heterocycles. The lowest BCUT2D eigenvalue weighted by Gasteiger charge is -2.16. The molecule has 0 radical (unpaired) electrons. The van der Waals surface area contributed by atoms with E-state index in [4.69, 9.17) is 11.6 Å². The van der Waals surface area contributed by atoms with Gasteiger partial charge < -0.3 is 9.88 Å². The highest BCUT2D eigenvalue weighted by molar-refractivity contribution is 6.29. The Hall–Kier alpha value is -2.99. The van der Waals surface area contributed by atoms with E-state index in [0.29, 0.717) is 40.6 Å². The summed E-state index contributed by atoms with van der Waals surface area (Å²) in [7, 11) is 0. The van der Waals surface area contributed by atoms with Gasteiger partial charge in [-0.05, 0) is 36.8 Å². The number of hydrogen-bond acceptors (Lipinski definition) is 4. The number of rotatable bonds is 6. The molecule has 2 heterocycles. The van der Waals surface area contributed by atoms with Crippen molar-refractivity contribution >= 4 is 23.6 Å². The molecule has 0 fully saturated rings. The van der Waals surface area contributed by atoms with Crippen molar-refractivity contribution in [3.63, 3.8) is 0 Å². The highest BCUT2D eigenvalue weighted by atomic mass is 35.5. The predicted molar refractivity (Wildman–Crippen MR) is 103 cm³/mol. The first kappa shape index (κ1) is 18.8. The fraction of sp³-hybridized carbons (Fsp3) is 0.150. The molecule has 5 nitrogen and oxygen atoms in total. The molecule has 0 aliphatic carbocycles. The van der Waals surface area contributed by atoms with E-state index in [1.165, 1.54) is 22.8 Å². The third-order valence-corrected chi connectivity index (χ3v) is 4.44. The molecule has 27 heavy (non-hydrogen) atoms. The van der Waals surface area contributed by atoms with Gasteiger partial charge in [-0.15, -0.1) is 0 Å². The number of anilines is 1. The van der Waals surface area contributed by atoms with Crippen LogP contribution in [0.25, 0.3) is 0 Å². The van der Waals surface area contributed by atoms with Gasteiger partial charge >= 0.3 is 0 Å². The number of aromatic nitrogens is 2. The first-order valence-electron chi connectivity index (χ1n) is 8.27. The third-order valence-electron chi connectivity index (χ3n) is 4.23. The van der Waals surface area contributed by atoms with Gasteiger partial charge in [-0.25, -0.2) is 9.37 Å². The number of nitrogens with one attached hydrogen (secondary N) is 1. The summed E-state index contributed by atoms with van der Waals surface area (Å²) in [5.74, 6) is -0.319. The second kappa shape index (κ2) is 8.14. The zero-order chi connectivity index (χ0) is 19.4. The minimum absolute atomic E-state index is 0.213. The average Bonchev–Trinajstić information content (AvgIpc) is 2.65. The number of carbonyl (C=O) groups excluding carboxylic acids is 1. The fourth-order valence-corrected chi connectivity index (χ4v) is 2.96. The van der Waals surface area contributed by atoms with Crippen LogP contribution in [0.2, 0.25) is 5.15 Å². The normalized spacial score (nSPS) is 10.6. The van der Waals surface area contributed by atoms with Crippen LogP contribution in [0, 0.1) is 12.7 Å². The predicted octanol–water partition coefficient (Wildman–Crippen LogP) is 3.82. The molecule has 0 saturated carbocycles. The van der Waals surface area contributed by atoms with Gasteiger partial charge in [0.25, 0.3) is 5.56 Å². The van der Waals surface area contributed by atoms with Crippen LogP contribution in [0.5, 0.6) is 0 Å². The Labute approximate surface area is 160 Å². The summed E-state index contributed by atoms with van der Waals surface area (Å²) in [5.41, 5.74) is 2.54. The molecule has 1 aromatic carbocycles. The van der Waals surface area contributed by atoms with Crippen LogP contribution in [0.15, 0.2) is 53.3 Å². The summed E-state index contributed by atoms with van der Waals surface area (Å²) in [6.45, 7) is 2.28. The summed E-state index contributed by atoms with van der Waals surface area (Å²) >= 11 is 5.90. The molecule has 0 aliphatic heterocycles. The monoisotopic (exact) mass is 385 g/mol. The van der Waals surface area contributed by atoms with Crippen molar-refractivity contribution in [3.8, 4) is 0 Å². The lowest BCUT2D eigenvalue weighted by molar-refractivity contribution is 0.112. The minimum atomic E-state index is -0.319. The molecule has 0 spiro atoms. The molecule has 138 valence electrons. The van der Waals surface area contributed by atoms with E-state index >= 15 is 0 Å². The van der Waals surface area contributed by atoms with Crippen LogP contribution in [0.3, 0.4) is 0 Å². The van der Waals surface area contributed by atoms with Gasteiger partial charge in [0.2, 0.25) is 0 Å². The van der Waals surface area contributed by atoms with Crippen molar-refractivity contribution in [2.75, 3.05) is 5.32 Å². The Balaban J connectivity index is 1.89. The van der Waals surface area contributed by atoms with Crippen molar-refractivity contribution in [2.24, 2.45) is 0 Å². The molecule has 1 N–H and O–H groups in total. The molecule has 0 amide bonds. The Morgan fingerprint density at radius 3 is 2.63 bits per heavy atom. The second-order valence-electron chi connectivity index (χ2n) is 6.03. The van der Waals surface area contributed by atoms with Gasteiger partial charge in [-0.2, -0.15) is 0 Å². The lowest BCUT2D eigenvalue weighted by Crippen LogP contribution is -2.25. The van der Waals surface area contributed by atoms with Crippen molar-refractivity contribution in [2.45, 2.75) is 20.0 Å². The summed E-state index contributed by atoms with van der Waals surface area (Å²) in [4.78, 5) is 28.4. The molecule has 3 aromatic rings. The molecule has 7 heteroatoms. The van der Waals surface area contributed by atoms with Gasteiger partial charge in [0.1, 0.15) is 11.0 Å². The molecular formula is C20H17ClFN3O2. The van der Waals surface area contributed by atoms with E-state index in [1.54, 1.807) is 37.3 Å². The zero-order valence-corrected chi connectivity index (χ0v) is 15.3. The molecule has 3 rings (SSSR count). The van der Waals surface area contributed by atoms with E-state index < -0.39 is 0 Å². The van der Waals surface area contributed by atoms with Crippen LogP contribution in [0.4, 0.5) is 10.1 Å². The maximum Gasteiger partial charge on any atom is 0.253 e. The summed E-state index contributed by atoms with van der Waals surface area (Å²) in [6, 6.07) is 12.6. The van der Waals surface area contributed by atoms with Crippen LogP contribution in [0.1, 0.15) is 27.3 Å². The Morgan fingerprint density at radius 1 is 1.22 bits per heavy atom. The third kappa shape index (κ3) is 4.41. The van der Waals surface area contributed by atoms with Gasteiger partial charge in [-0.3, -0.25) is 9.59 Å².